The number of furan rings is 1. The minimum Gasteiger partial charge on any atom is -0.456 e. The Bertz CT molecular complexity index is 3120. The van der Waals surface area contributed by atoms with Gasteiger partial charge in [-0.25, -0.2) is 0 Å². The fraction of sp³-hybridized carbons (Fsp3) is 0.0545. The summed E-state index contributed by atoms with van der Waals surface area (Å²) in [5.41, 5.74) is 17.2. The van der Waals surface area contributed by atoms with E-state index in [1.807, 2.05) is 0 Å². The van der Waals surface area contributed by atoms with Gasteiger partial charge in [0.1, 0.15) is 11.2 Å². The molecule has 1 aromatic heterocycles. The molecule has 10 aromatic rings. The lowest BCUT2D eigenvalue weighted by Gasteiger charge is -2.30. The Labute approximate surface area is 332 Å². The highest BCUT2D eigenvalue weighted by Gasteiger charge is 2.36. The Morgan fingerprint density at radius 3 is 1.58 bits per heavy atom. The minimum atomic E-state index is -0.147. The first-order valence-electron chi connectivity index (χ1n) is 19.7. The van der Waals surface area contributed by atoms with Crippen LogP contribution in [0.1, 0.15) is 25.0 Å². The van der Waals surface area contributed by atoms with E-state index in [9.17, 15) is 0 Å². The standard InChI is InChI=1S/C55H39NO/c1-55(2)50-20-12-11-19-45(50)46-30-29-44(33-51(46)55)56(43-27-25-39(26-28-43)37-15-7-4-8-16-37)52-35-54-49(48-31-41-17-9-10-18-42(41)32-53(48)57-54)34-47(52)40-23-21-38(22-24-40)36-13-5-3-6-14-36/h3-35H,1-2H3. The summed E-state index contributed by atoms with van der Waals surface area (Å²) in [6.07, 6.45) is 0. The van der Waals surface area contributed by atoms with Gasteiger partial charge in [0, 0.05) is 39.2 Å². The zero-order valence-electron chi connectivity index (χ0n) is 31.9. The Balaban J connectivity index is 1.16. The molecule has 2 nitrogen and oxygen atoms in total. The highest BCUT2D eigenvalue weighted by atomic mass is 16.3. The van der Waals surface area contributed by atoms with E-state index < -0.39 is 0 Å². The Morgan fingerprint density at radius 2 is 0.877 bits per heavy atom. The van der Waals surface area contributed by atoms with Gasteiger partial charge in [-0.05, 0) is 103 Å². The van der Waals surface area contributed by atoms with E-state index in [1.165, 1.54) is 55.3 Å². The first kappa shape index (κ1) is 33.2. The van der Waals surface area contributed by atoms with Crippen LogP contribution < -0.4 is 4.90 Å². The van der Waals surface area contributed by atoms with E-state index in [-0.39, 0.29) is 5.41 Å². The molecule has 0 spiro atoms. The van der Waals surface area contributed by atoms with E-state index in [1.54, 1.807) is 0 Å². The molecule has 0 atom stereocenters. The molecule has 11 rings (SSSR count). The van der Waals surface area contributed by atoms with E-state index in [4.69, 9.17) is 4.42 Å². The average Bonchev–Trinajstić information content (AvgIpc) is 3.73. The highest BCUT2D eigenvalue weighted by Crippen LogP contribution is 2.52. The average molecular weight is 730 g/mol. The van der Waals surface area contributed by atoms with Crippen LogP contribution in [-0.2, 0) is 5.41 Å². The molecule has 0 radical (unpaired) electrons. The molecular formula is C55H39NO. The van der Waals surface area contributed by atoms with Gasteiger partial charge in [-0.15, -0.1) is 0 Å². The molecule has 0 saturated heterocycles. The molecule has 9 aromatic carbocycles. The van der Waals surface area contributed by atoms with Crippen LogP contribution in [0, 0.1) is 0 Å². The van der Waals surface area contributed by atoms with Crippen molar-refractivity contribution in [1.82, 2.24) is 0 Å². The van der Waals surface area contributed by atoms with Crippen LogP contribution in [0.2, 0.25) is 0 Å². The van der Waals surface area contributed by atoms with Gasteiger partial charge in [0.05, 0.1) is 5.69 Å². The summed E-state index contributed by atoms with van der Waals surface area (Å²) in [6, 6.07) is 72.7. The van der Waals surface area contributed by atoms with E-state index in [0.717, 1.165) is 50.1 Å². The number of nitrogens with zero attached hydrogens (tertiary/aromatic N) is 1. The lowest BCUT2D eigenvalue weighted by atomic mass is 9.82. The second-order valence-electron chi connectivity index (χ2n) is 15.8. The number of fused-ring (bicyclic) bond motifs is 7. The van der Waals surface area contributed by atoms with Gasteiger partial charge in [-0.3, -0.25) is 0 Å². The summed E-state index contributed by atoms with van der Waals surface area (Å²) >= 11 is 0. The summed E-state index contributed by atoms with van der Waals surface area (Å²) in [5, 5.41) is 4.59. The van der Waals surface area contributed by atoms with Crippen molar-refractivity contribution in [1.29, 1.82) is 0 Å². The summed E-state index contributed by atoms with van der Waals surface area (Å²) in [6.45, 7) is 4.70. The molecule has 57 heavy (non-hydrogen) atoms. The normalized spacial score (nSPS) is 12.9. The Morgan fingerprint density at radius 1 is 0.368 bits per heavy atom. The maximum Gasteiger partial charge on any atom is 0.137 e. The SMILES string of the molecule is CC1(C)c2ccccc2-c2ccc(N(c3ccc(-c4ccccc4)cc3)c3cc4oc5cc6ccccc6cc5c4cc3-c3ccc(-c4ccccc4)cc3)cc21. The number of hydrogen-bond acceptors (Lipinski definition) is 2. The molecule has 0 unspecified atom stereocenters. The van der Waals surface area contributed by atoms with Crippen molar-refractivity contribution in [3.63, 3.8) is 0 Å². The Kier molecular flexibility index (Phi) is 7.55. The van der Waals surface area contributed by atoms with Gasteiger partial charge in [0.25, 0.3) is 0 Å². The molecule has 0 N–H and O–H groups in total. The molecule has 1 aliphatic rings. The first-order chi connectivity index (χ1) is 28.0. The number of rotatable bonds is 6. The second-order valence-corrected chi connectivity index (χ2v) is 15.8. The molecule has 2 heteroatoms. The molecule has 0 saturated carbocycles. The van der Waals surface area contributed by atoms with Crippen LogP contribution >= 0.6 is 0 Å². The molecule has 0 fully saturated rings. The van der Waals surface area contributed by atoms with Crippen LogP contribution in [0.25, 0.3) is 77.2 Å². The number of hydrogen-bond donors (Lipinski definition) is 0. The lowest BCUT2D eigenvalue weighted by Crippen LogP contribution is -2.17. The fourth-order valence-corrected chi connectivity index (χ4v) is 9.08. The number of anilines is 3. The smallest absolute Gasteiger partial charge is 0.137 e. The van der Waals surface area contributed by atoms with Gasteiger partial charge < -0.3 is 9.32 Å². The molecule has 1 aliphatic carbocycles. The van der Waals surface area contributed by atoms with Crippen molar-refractivity contribution in [3.8, 4) is 44.5 Å². The van der Waals surface area contributed by atoms with Crippen LogP contribution in [0.4, 0.5) is 17.1 Å². The summed E-state index contributed by atoms with van der Waals surface area (Å²) < 4.78 is 6.79. The van der Waals surface area contributed by atoms with Gasteiger partial charge >= 0.3 is 0 Å². The molecule has 1 heterocycles. The van der Waals surface area contributed by atoms with Crippen LogP contribution in [0.15, 0.2) is 205 Å². The zero-order chi connectivity index (χ0) is 38.1. The quantitative estimate of drug-likeness (QED) is 0.169. The topological polar surface area (TPSA) is 16.4 Å². The van der Waals surface area contributed by atoms with Crippen LogP contribution in [-0.4, -0.2) is 0 Å². The lowest BCUT2D eigenvalue weighted by molar-refractivity contribution is 0.660. The first-order valence-corrected chi connectivity index (χ1v) is 19.7. The van der Waals surface area contributed by atoms with Crippen molar-refractivity contribution in [2.75, 3.05) is 4.90 Å². The molecule has 0 aliphatic heterocycles. The van der Waals surface area contributed by atoms with E-state index in [2.05, 4.69) is 219 Å². The third-order valence-electron chi connectivity index (χ3n) is 12.1. The van der Waals surface area contributed by atoms with Crippen LogP contribution in [0.5, 0.6) is 0 Å². The monoisotopic (exact) mass is 729 g/mol. The third kappa shape index (κ3) is 5.48. The molecule has 0 amide bonds. The van der Waals surface area contributed by atoms with E-state index in [0.29, 0.717) is 0 Å². The third-order valence-corrected chi connectivity index (χ3v) is 12.1. The van der Waals surface area contributed by atoms with Crippen molar-refractivity contribution in [2.24, 2.45) is 0 Å². The molecular weight excluding hydrogens is 691 g/mol. The number of benzene rings is 9. The summed E-state index contributed by atoms with van der Waals surface area (Å²) in [5.74, 6) is 0. The van der Waals surface area contributed by atoms with Crippen molar-refractivity contribution >= 4 is 49.8 Å². The predicted molar refractivity (Wildman–Crippen MR) is 240 cm³/mol. The van der Waals surface area contributed by atoms with Gasteiger partial charge in [0.2, 0.25) is 0 Å². The predicted octanol–water partition coefficient (Wildman–Crippen LogP) is 15.5. The summed E-state index contributed by atoms with van der Waals surface area (Å²) in [7, 11) is 0. The van der Waals surface area contributed by atoms with Crippen LogP contribution in [0.3, 0.4) is 0 Å². The van der Waals surface area contributed by atoms with Crippen molar-refractivity contribution < 1.29 is 4.42 Å². The second kappa shape index (κ2) is 13.0. The van der Waals surface area contributed by atoms with E-state index >= 15 is 0 Å². The van der Waals surface area contributed by atoms with Gasteiger partial charge in [-0.1, -0.05) is 166 Å². The highest BCUT2D eigenvalue weighted by molar-refractivity contribution is 6.13. The fourth-order valence-electron chi connectivity index (χ4n) is 9.08. The maximum absolute atomic E-state index is 6.79. The van der Waals surface area contributed by atoms with Crippen molar-refractivity contribution in [2.45, 2.75) is 19.3 Å². The maximum atomic E-state index is 6.79. The van der Waals surface area contributed by atoms with Gasteiger partial charge in [-0.2, -0.15) is 0 Å². The zero-order valence-corrected chi connectivity index (χ0v) is 31.9. The molecule has 270 valence electrons. The van der Waals surface area contributed by atoms with Gasteiger partial charge in [0.15, 0.2) is 0 Å². The van der Waals surface area contributed by atoms with Crippen molar-refractivity contribution in [3.05, 3.63) is 211 Å². The molecule has 0 bridgehead atoms. The Hall–Kier alpha value is -7.16. The minimum absolute atomic E-state index is 0.147. The summed E-state index contributed by atoms with van der Waals surface area (Å²) in [4.78, 5) is 2.43. The largest absolute Gasteiger partial charge is 0.456 e.